The Labute approximate surface area is 197 Å². The van der Waals surface area contributed by atoms with Crippen molar-refractivity contribution in [3.05, 3.63) is 99.5 Å². The number of ether oxygens (including phenoxy) is 1. The van der Waals surface area contributed by atoms with Gasteiger partial charge in [-0.2, -0.15) is 0 Å². The molecule has 1 aliphatic heterocycles. The van der Waals surface area contributed by atoms with Crippen molar-refractivity contribution < 1.29 is 19.4 Å². The zero-order valence-electron chi connectivity index (χ0n) is 17.1. The Kier molecular flexibility index (Phi) is 10.6. The van der Waals surface area contributed by atoms with Gasteiger partial charge in [0, 0.05) is 24.6 Å². The lowest BCUT2D eigenvalue weighted by atomic mass is 10.3. The number of hydrogen-bond donors (Lipinski definition) is 2. The standard InChI is InChI=1S/C17H17N3O2.C5H4BrNO2S/c21-17(22)19-15-8-4-2-1-3-5-12-20-13-7-10-16(20)14-18-11-6-9-15;1-9-5(8)3-4(6)10-2-7-3/h1-11,13-14,19H,12H2,(H,21,22);2H,1H3. The number of fused-ring (bicyclic) bond motifs is 1. The topological polar surface area (TPSA) is 106 Å². The number of nitrogens with zero attached hydrogens (tertiary/aromatic N) is 3. The molecule has 3 rings (SSSR count). The summed E-state index contributed by atoms with van der Waals surface area (Å²) >= 11 is 4.52. The Morgan fingerprint density at radius 1 is 1.25 bits per heavy atom. The van der Waals surface area contributed by atoms with Gasteiger partial charge in [0.2, 0.25) is 0 Å². The summed E-state index contributed by atoms with van der Waals surface area (Å²) in [4.78, 5) is 29.5. The molecule has 1 aliphatic rings. The van der Waals surface area contributed by atoms with Gasteiger partial charge in [0.25, 0.3) is 0 Å². The third kappa shape index (κ3) is 8.70. The highest BCUT2D eigenvalue weighted by atomic mass is 79.9. The molecule has 0 saturated carbocycles. The third-order valence-electron chi connectivity index (χ3n) is 3.72. The Balaban J connectivity index is 0.000000303. The van der Waals surface area contributed by atoms with Gasteiger partial charge in [-0.15, -0.1) is 11.3 Å². The fourth-order valence-corrected chi connectivity index (χ4v) is 3.30. The monoisotopic (exact) mass is 516 g/mol. The van der Waals surface area contributed by atoms with Gasteiger partial charge in [0.15, 0.2) is 5.69 Å². The number of thiazole rings is 1. The van der Waals surface area contributed by atoms with Gasteiger partial charge in [0.1, 0.15) is 3.79 Å². The second-order valence-corrected chi connectivity index (χ2v) is 8.07. The minimum absolute atomic E-state index is 0.340. The number of methoxy groups -OCH3 is 1. The molecule has 8 nitrogen and oxygen atoms in total. The maximum Gasteiger partial charge on any atom is 0.409 e. The van der Waals surface area contributed by atoms with Crippen molar-refractivity contribution in [3.63, 3.8) is 0 Å². The van der Waals surface area contributed by atoms with Crippen molar-refractivity contribution in [2.75, 3.05) is 7.11 Å². The van der Waals surface area contributed by atoms with Crippen LogP contribution in [0.3, 0.4) is 0 Å². The van der Waals surface area contributed by atoms with Crippen LogP contribution in [0.2, 0.25) is 0 Å². The molecule has 2 N–H and O–H groups in total. The zero-order chi connectivity index (χ0) is 23.2. The maximum atomic E-state index is 10.8. The zero-order valence-corrected chi connectivity index (χ0v) is 19.5. The first-order chi connectivity index (χ1) is 15.5. The summed E-state index contributed by atoms with van der Waals surface area (Å²) in [7, 11) is 1.33. The van der Waals surface area contributed by atoms with Crippen LogP contribution in [0.4, 0.5) is 4.79 Å². The first-order valence-corrected chi connectivity index (χ1v) is 10.9. The van der Waals surface area contributed by atoms with E-state index in [1.54, 1.807) is 42.2 Å². The molecule has 0 atom stereocenters. The van der Waals surface area contributed by atoms with Crippen molar-refractivity contribution in [3.8, 4) is 0 Å². The normalized spacial score (nSPS) is 13.1. The Bertz CT molecular complexity index is 1090. The van der Waals surface area contributed by atoms with Gasteiger partial charge >= 0.3 is 12.1 Å². The van der Waals surface area contributed by atoms with Crippen molar-refractivity contribution in [1.82, 2.24) is 14.9 Å². The highest BCUT2D eigenvalue weighted by molar-refractivity contribution is 9.11. The number of esters is 1. The smallest absolute Gasteiger partial charge is 0.409 e. The third-order valence-corrected chi connectivity index (χ3v) is 5.27. The van der Waals surface area contributed by atoms with Crippen molar-refractivity contribution in [1.29, 1.82) is 0 Å². The highest BCUT2D eigenvalue weighted by Crippen LogP contribution is 2.20. The largest absolute Gasteiger partial charge is 0.465 e. The van der Waals surface area contributed by atoms with E-state index in [4.69, 9.17) is 5.11 Å². The minimum Gasteiger partial charge on any atom is -0.465 e. The number of aliphatic imine (C=N–C) groups is 1. The number of carbonyl (C=O) groups is 2. The number of aromatic nitrogens is 2. The second-order valence-electron chi connectivity index (χ2n) is 5.90. The van der Waals surface area contributed by atoms with Gasteiger partial charge in [-0.1, -0.05) is 30.4 Å². The van der Waals surface area contributed by atoms with Crippen LogP contribution in [0.1, 0.15) is 16.2 Å². The van der Waals surface area contributed by atoms with E-state index in [1.165, 1.54) is 18.4 Å². The molecule has 0 saturated heterocycles. The lowest BCUT2D eigenvalue weighted by molar-refractivity contribution is 0.0594. The fourth-order valence-electron chi connectivity index (χ4n) is 2.29. The molecule has 0 aliphatic carbocycles. The molecule has 2 aromatic heterocycles. The minimum atomic E-state index is -1.10. The molecule has 0 unspecified atom stereocenters. The lowest BCUT2D eigenvalue weighted by Crippen LogP contribution is -2.18. The summed E-state index contributed by atoms with van der Waals surface area (Å²) < 4.78 is 7.23. The number of halogens is 1. The molecule has 3 heterocycles. The maximum absolute atomic E-state index is 10.8. The summed E-state index contributed by atoms with van der Waals surface area (Å²) in [5.74, 6) is -0.409. The van der Waals surface area contributed by atoms with Crippen LogP contribution in [0.25, 0.3) is 0 Å². The number of allylic oxidation sites excluding steroid dienone is 8. The molecule has 0 fully saturated rings. The van der Waals surface area contributed by atoms with E-state index in [1.807, 2.05) is 42.6 Å². The number of amides is 1. The summed E-state index contributed by atoms with van der Waals surface area (Å²) in [6.07, 6.45) is 18.7. The summed E-state index contributed by atoms with van der Waals surface area (Å²) in [6.45, 7) is 0.760. The molecule has 0 radical (unpaired) electrons. The first-order valence-electron chi connectivity index (χ1n) is 9.23. The van der Waals surface area contributed by atoms with E-state index in [0.717, 1.165) is 12.2 Å². The van der Waals surface area contributed by atoms with Gasteiger partial charge in [0.05, 0.1) is 24.5 Å². The SMILES string of the molecule is COC(=O)c1ncsc1Br.O=C(O)NC1=CC=CN=Cc2cccn2CC=CC=CC=C1. The summed E-state index contributed by atoms with van der Waals surface area (Å²) in [6, 6.07) is 3.95. The highest BCUT2D eigenvalue weighted by Gasteiger charge is 2.12. The average molecular weight is 517 g/mol. The molecule has 0 aromatic carbocycles. The predicted molar refractivity (Wildman–Crippen MR) is 129 cm³/mol. The average Bonchev–Trinajstić information content (AvgIpc) is 3.40. The first kappa shape index (κ1) is 24.8. The van der Waals surface area contributed by atoms with Crippen molar-refractivity contribution in [2.45, 2.75) is 6.54 Å². The van der Waals surface area contributed by atoms with Crippen LogP contribution >= 0.6 is 27.3 Å². The Morgan fingerprint density at radius 2 is 2.06 bits per heavy atom. The van der Waals surface area contributed by atoms with Gasteiger partial charge in [-0.05, 0) is 46.3 Å². The van der Waals surface area contributed by atoms with Crippen LogP contribution in [0, 0.1) is 0 Å². The van der Waals surface area contributed by atoms with E-state index < -0.39 is 12.1 Å². The molecule has 1 amide bonds. The molecule has 2 aromatic rings. The van der Waals surface area contributed by atoms with Crippen molar-refractivity contribution >= 4 is 45.5 Å². The molecule has 10 heteroatoms. The second kappa shape index (κ2) is 13.7. The van der Waals surface area contributed by atoms with Crippen LogP contribution in [0.5, 0.6) is 0 Å². The van der Waals surface area contributed by atoms with E-state index in [2.05, 4.69) is 40.5 Å². The van der Waals surface area contributed by atoms with Gasteiger partial charge in [-0.25, -0.2) is 14.6 Å². The van der Waals surface area contributed by atoms with Gasteiger partial charge < -0.3 is 14.4 Å². The van der Waals surface area contributed by atoms with E-state index >= 15 is 0 Å². The van der Waals surface area contributed by atoms with Crippen LogP contribution in [0.15, 0.2) is 93.1 Å². The van der Waals surface area contributed by atoms with Crippen molar-refractivity contribution in [2.24, 2.45) is 4.99 Å². The van der Waals surface area contributed by atoms with E-state index in [0.29, 0.717) is 15.2 Å². The summed E-state index contributed by atoms with van der Waals surface area (Å²) in [5.41, 5.74) is 3.38. The molecular formula is C22H21BrN4O4S. The fraction of sp³-hybridized carbons (Fsp3) is 0.0909. The number of carbonyl (C=O) groups excluding carboxylic acids is 1. The number of nitrogens with one attached hydrogen (secondary N) is 1. The molecule has 166 valence electrons. The molecule has 0 spiro atoms. The predicted octanol–water partition coefficient (Wildman–Crippen LogP) is 4.95. The Hall–Kier alpha value is -3.50. The molecule has 32 heavy (non-hydrogen) atoms. The summed E-state index contributed by atoms with van der Waals surface area (Å²) in [5, 5.41) is 11.1. The number of hydrogen-bond acceptors (Lipinski definition) is 6. The van der Waals surface area contributed by atoms with E-state index in [-0.39, 0.29) is 0 Å². The quantitative estimate of drug-likeness (QED) is 0.549. The van der Waals surface area contributed by atoms with Crippen LogP contribution < -0.4 is 5.32 Å². The molecular weight excluding hydrogens is 496 g/mol. The lowest BCUT2D eigenvalue weighted by Gasteiger charge is -2.00. The van der Waals surface area contributed by atoms with Crippen LogP contribution in [-0.2, 0) is 11.3 Å². The number of carboxylic acid groups (broad SMARTS) is 1. The van der Waals surface area contributed by atoms with Gasteiger partial charge in [-0.3, -0.25) is 10.3 Å². The van der Waals surface area contributed by atoms with Crippen LogP contribution in [-0.4, -0.2) is 40.0 Å². The number of rotatable bonds is 2. The van der Waals surface area contributed by atoms with E-state index in [9.17, 15) is 9.59 Å². The molecule has 0 bridgehead atoms. The Morgan fingerprint density at radius 3 is 2.78 bits per heavy atom.